The molecule has 0 fully saturated rings. The molecule has 41 heavy (non-hydrogen) atoms. The summed E-state index contributed by atoms with van der Waals surface area (Å²) in [7, 11) is 0. The van der Waals surface area contributed by atoms with Crippen LogP contribution >= 0.6 is 35.0 Å². The van der Waals surface area contributed by atoms with E-state index in [1.54, 1.807) is 97.1 Å². The number of carbonyl (C=O) groups excluding carboxylic acids is 3. The molecule has 0 saturated carbocycles. The first-order valence-corrected chi connectivity index (χ1v) is 14.4. The Labute approximate surface area is 253 Å². The van der Waals surface area contributed by atoms with Crippen molar-refractivity contribution in [3.8, 4) is 0 Å². The van der Waals surface area contributed by atoms with Gasteiger partial charge in [-0.3, -0.25) is 14.4 Å². The van der Waals surface area contributed by atoms with Crippen LogP contribution < -0.4 is 16.0 Å². The van der Waals surface area contributed by atoms with Crippen molar-refractivity contribution in [1.82, 2.24) is 5.32 Å². The molecule has 6 nitrogen and oxygen atoms in total. The Morgan fingerprint density at radius 3 is 2.22 bits per heavy atom. The molecule has 4 rings (SSSR count). The summed E-state index contributed by atoms with van der Waals surface area (Å²) in [5.41, 5.74) is 2.18. The smallest absolute Gasteiger partial charge is 0.272 e. The Morgan fingerprint density at radius 2 is 1.51 bits per heavy atom. The number of thioether (sulfide) groups is 1. The number of rotatable bonds is 10. The van der Waals surface area contributed by atoms with E-state index in [-0.39, 0.29) is 16.9 Å². The largest absolute Gasteiger partial charge is 0.325 e. The lowest BCUT2D eigenvalue weighted by Gasteiger charge is -2.16. The van der Waals surface area contributed by atoms with E-state index in [0.717, 1.165) is 4.90 Å². The molecule has 0 spiro atoms. The van der Waals surface area contributed by atoms with Crippen LogP contribution in [0, 0.1) is 0 Å². The SMILES string of the molecule is CCC(Sc1cccc(NC(=O)/C(=C\c2ccccc2Cl)NC(=O)c2ccccc2)c1)C(=O)Nc1ccc(Cl)cc1. The van der Waals surface area contributed by atoms with Gasteiger partial charge >= 0.3 is 0 Å². The van der Waals surface area contributed by atoms with E-state index in [0.29, 0.717) is 39.0 Å². The lowest BCUT2D eigenvalue weighted by Crippen LogP contribution is -2.30. The average molecular weight is 605 g/mol. The summed E-state index contributed by atoms with van der Waals surface area (Å²) < 4.78 is 0. The Hall–Kier alpha value is -4.04. The van der Waals surface area contributed by atoms with E-state index >= 15 is 0 Å². The molecule has 4 aromatic rings. The van der Waals surface area contributed by atoms with Gasteiger partial charge in [-0.1, -0.05) is 72.6 Å². The molecule has 9 heteroatoms. The van der Waals surface area contributed by atoms with Gasteiger partial charge in [-0.05, 0) is 78.7 Å². The van der Waals surface area contributed by atoms with E-state index < -0.39 is 11.8 Å². The topological polar surface area (TPSA) is 87.3 Å². The second-order valence-corrected chi connectivity index (χ2v) is 11.0. The molecule has 208 valence electrons. The van der Waals surface area contributed by atoms with Crippen molar-refractivity contribution in [3.05, 3.63) is 130 Å². The third kappa shape index (κ3) is 8.72. The summed E-state index contributed by atoms with van der Waals surface area (Å²) in [6, 6.07) is 29.8. The summed E-state index contributed by atoms with van der Waals surface area (Å²) in [5, 5.41) is 9.14. The minimum atomic E-state index is -0.524. The Kier molecular flexibility index (Phi) is 10.6. The highest BCUT2D eigenvalue weighted by Crippen LogP contribution is 2.29. The highest BCUT2D eigenvalue weighted by Gasteiger charge is 2.19. The molecule has 0 radical (unpaired) electrons. The summed E-state index contributed by atoms with van der Waals surface area (Å²) in [5.74, 6) is -1.09. The van der Waals surface area contributed by atoms with Crippen LogP contribution in [0.15, 0.2) is 114 Å². The molecule has 0 aromatic heterocycles. The summed E-state index contributed by atoms with van der Waals surface area (Å²) >= 11 is 13.7. The van der Waals surface area contributed by atoms with Gasteiger partial charge in [0.1, 0.15) is 5.70 Å². The van der Waals surface area contributed by atoms with Crippen LogP contribution in [0.5, 0.6) is 0 Å². The number of carbonyl (C=O) groups is 3. The van der Waals surface area contributed by atoms with Gasteiger partial charge in [0.25, 0.3) is 11.8 Å². The van der Waals surface area contributed by atoms with Crippen LogP contribution in [0.4, 0.5) is 11.4 Å². The van der Waals surface area contributed by atoms with Crippen molar-refractivity contribution in [2.75, 3.05) is 10.6 Å². The molecule has 4 aromatic carbocycles. The number of anilines is 2. The standard InChI is InChI=1S/C32H27Cl2N3O3S/c1-2-29(32(40)35-24-17-15-23(33)16-18-24)41-26-13-8-12-25(20-26)36-31(39)28(19-22-11-6-7-14-27(22)34)37-30(38)21-9-4-3-5-10-21/h3-20,29H,2H2,1H3,(H,35,40)(H,36,39)(H,37,38)/b28-19+. The van der Waals surface area contributed by atoms with Crippen molar-refractivity contribution < 1.29 is 14.4 Å². The quantitative estimate of drug-likeness (QED) is 0.127. The van der Waals surface area contributed by atoms with Crippen LogP contribution in [-0.2, 0) is 9.59 Å². The molecule has 0 heterocycles. The molecule has 3 amide bonds. The Balaban J connectivity index is 1.50. The summed E-state index contributed by atoms with van der Waals surface area (Å²) in [6.45, 7) is 1.94. The van der Waals surface area contributed by atoms with Gasteiger partial charge in [0, 0.05) is 31.9 Å². The molecule has 0 bridgehead atoms. The van der Waals surface area contributed by atoms with E-state index in [1.165, 1.54) is 17.8 Å². The van der Waals surface area contributed by atoms with Gasteiger partial charge in [-0.25, -0.2) is 0 Å². The molecular formula is C32H27Cl2N3O3S. The minimum absolute atomic E-state index is 0.0267. The first-order valence-electron chi connectivity index (χ1n) is 12.8. The third-order valence-corrected chi connectivity index (χ3v) is 7.83. The second-order valence-electron chi connectivity index (χ2n) is 8.89. The number of amides is 3. The zero-order chi connectivity index (χ0) is 29.2. The van der Waals surface area contributed by atoms with E-state index in [2.05, 4.69) is 16.0 Å². The highest BCUT2D eigenvalue weighted by atomic mass is 35.5. The van der Waals surface area contributed by atoms with Crippen molar-refractivity contribution in [1.29, 1.82) is 0 Å². The number of benzene rings is 4. The van der Waals surface area contributed by atoms with Crippen molar-refractivity contribution in [2.24, 2.45) is 0 Å². The number of nitrogens with one attached hydrogen (secondary N) is 3. The van der Waals surface area contributed by atoms with Crippen LogP contribution in [0.3, 0.4) is 0 Å². The van der Waals surface area contributed by atoms with Crippen LogP contribution in [0.1, 0.15) is 29.3 Å². The van der Waals surface area contributed by atoms with Gasteiger partial charge in [0.15, 0.2) is 0 Å². The maximum atomic E-state index is 13.4. The zero-order valence-corrected chi connectivity index (χ0v) is 24.4. The molecule has 0 aliphatic rings. The molecule has 0 aliphatic heterocycles. The molecular weight excluding hydrogens is 577 g/mol. The van der Waals surface area contributed by atoms with Gasteiger partial charge < -0.3 is 16.0 Å². The fourth-order valence-corrected chi connectivity index (χ4v) is 5.11. The predicted molar refractivity (Wildman–Crippen MR) is 168 cm³/mol. The van der Waals surface area contributed by atoms with Crippen molar-refractivity contribution in [3.63, 3.8) is 0 Å². The van der Waals surface area contributed by atoms with Crippen LogP contribution in [-0.4, -0.2) is 23.0 Å². The molecule has 3 N–H and O–H groups in total. The lowest BCUT2D eigenvalue weighted by molar-refractivity contribution is -0.116. The highest BCUT2D eigenvalue weighted by molar-refractivity contribution is 8.00. The van der Waals surface area contributed by atoms with Gasteiger partial charge in [-0.15, -0.1) is 11.8 Å². The normalized spacial score (nSPS) is 11.8. The van der Waals surface area contributed by atoms with E-state index in [4.69, 9.17) is 23.2 Å². The van der Waals surface area contributed by atoms with Gasteiger partial charge in [0.2, 0.25) is 5.91 Å². The monoisotopic (exact) mass is 603 g/mol. The second kappa shape index (κ2) is 14.6. The number of hydrogen-bond acceptors (Lipinski definition) is 4. The molecule has 1 unspecified atom stereocenters. The summed E-state index contributed by atoms with van der Waals surface area (Å²) in [4.78, 5) is 40.0. The first kappa shape index (κ1) is 29.9. The molecule has 0 saturated heterocycles. The maximum Gasteiger partial charge on any atom is 0.272 e. The zero-order valence-electron chi connectivity index (χ0n) is 22.1. The molecule has 1 atom stereocenters. The lowest BCUT2D eigenvalue weighted by atomic mass is 10.1. The fourth-order valence-electron chi connectivity index (χ4n) is 3.78. The fraction of sp³-hybridized carbons (Fsp3) is 0.0938. The maximum absolute atomic E-state index is 13.4. The van der Waals surface area contributed by atoms with Gasteiger partial charge in [0.05, 0.1) is 5.25 Å². The third-order valence-electron chi connectivity index (χ3n) is 5.88. The predicted octanol–water partition coefficient (Wildman–Crippen LogP) is 7.91. The average Bonchev–Trinajstić information content (AvgIpc) is 2.98. The number of hydrogen-bond donors (Lipinski definition) is 3. The van der Waals surface area contributed by atoms with Crippen molar-refractivity contribution >= 4 is 70.1 Å². The molecule has 0 aliphatic carbocycles. The van der Waals surface area contributed by atoms with E-state index in [1.807, 2.05) is 13.0 Å². The Morgan fingerprint density at radius 1 is 0.805 bits per heavy atom. The van der Waals surface area contributed by atoms with Crippen LogP contribution in [0.25, 0.3) is 6.08 Å². The van der Waals surface area contributed by atoms with Crippen LogP contribution in [0.2, 0.25) is 10.0 Å². The number of halogens is 2. The first-order chi connectivity index (χ1) is 19.8. The van der Waals surface area contributed by atoms with Gasteiger partial charge in [-0.2, -0.15) is 0 Å². The van der Waals surface area contributed by atoms with E-state index in [9.17, 15) is 14.4 Å². The summed E-state index contributed by atoms with van der Waals surface area (Å²) in [6.07, 6.45) is 2.13. The Bertz CT molecular complexity index is 1560. The van der Waals surface area contributed by atoms with Crippen molar-refractivity contribution in [2.45, 2.75) is 23.5 Å². The minimum Gasteiger partial charge on any atom is -0.325 e.